The molecule has 2 aromatic rings. The van der Waals surface area contributed by atoms with Gasteiger partial charge in [0.1, 0.15) is 0 Å². The van der Waals surface area contributed by atoms with Gasteiger partial charge in [-0.3, -0.25) is 0 Å². The van der Waals surface area contributed by atoms with Crippen LogP contribution < -0.4 is 5.73 Å². The summed E-state index contributed by atoms with van der Waals surface area (Å²) >= 11 is 0. The molecule has 1 unspecified atom stereocenters. The molecular formula is C16H21N3O2. The van der Waals surface area contributed by atoms with Crippen molar-refractivity contribution in [1.82, 2.24) is 10.1 Å². The van der Waals surface area contributed by atoms with Gasteiger partial charge >= 0.3 is 0 Å². The van der Waals surface area contributed by atoms with Gasteiger partial charge in [-0.25, -0.2) is 0 Å². The fourth-order valence-corrected chi connectivity index (χ4v) is 2.68. The van der Waals surface area contributed by atoms with E-state index in [1.807, 2.05) is 12.1 Å². The first kappa shape index (κ1) is 14.1. The van der Waals surface area contributed by atoms with Gasteiger partial charge in [0, 0.05) is 31.2 Å². The molecule has 0 saturated carbocycles. The number of nitrogens with two attached hydrogens (primary N) is 1. The van der Waals surface area contributed by atoms with Crippen LogP contribution in [-0.2, 0) is 11.2 Å². The number of hydrogen-bond acceptors (Lipinski definition) is 5. The van der Waals surface area contributed by atoms with Crippen molar-refractivity contribution in [2.45, 2.75) is 38.0 Å². The summed E-state index contributed by atoms with van der Waals surface area (Å²) in [6, 6.07) is 7.95. The first-order chi connectivity index (χ1) is 10.2. The van der Waals surface area contributed by atoms with Gasteiger partial charge in [0.2, 0.25) is 5.89 Å². The third-order valence-corrected chi connectivity index (χ3v) is 4.06. The molecular weight excluding hydrogens is 266 g/mol. The smallest absolute Gasteiger partial charge is 0.227 e. The number of rotatable bonds is 4. The minimum atomic E-state index is 0.327. The van der Waals surface area contributed by atoms with Gasteiger partial charge in [-0.1, -0.05) is 24.2 Å². The minimum Gasteiger partial charge on any atom is -0.399 e. The Morgan fingerprint density at radius 2 is 1.95 bits per heavy atom. The van der Waals surface area contributed by atoms with Crippen LogP contribution in [0.5, 0.6) is 0 Å². The fourth-order valence-electron chi connectivity index (χ4n) is 2.68. The van der Waals surface area contributed by atoms with Crippen LogP contribution in [0.15, 0.2) is 28.8 Å². The molecule has 1 aliphatic rings. The maximum Gasteiger partial charge on any atom is 0.227 e. The van der Waals surface area contributed by atoms with Crippen LogP contribution in [0.3, 0.4) is 0 Å². The molecule has 1 fully saturated rings. The first-order valence-electron chi connectivity index (χ1n) is 7.48. The zero-order chi connectivity index (χ0) is 14.7. The number of nitrogen functional groups attached to an aromatic ring is 1. The standard InChI is InChI=1S/C16H21N3O2/c1-11(12-2-4-14(17)5-3-12)10-15-18-16(19-21-15)13-6-8-20-9-7-13/h2-5,11,13H,6-10,17H2,1H3. The maximum absolute atomic E-state index is 5.71. The van der Waals surface area contributed by atoms with E-state index in [9.17, 15) is 0 Å². The van der Waals surface area contributed by atoms with Gasteiger partial charge in [-0.05, 0) is 36.5 Å². The summed E-state index contributed by atoms with van der Waals surface area (Å²) in [6.45, 7) is 3.73. The second-order valence-electron chi connectivity index (χ2n) is 5.70. The SMILES string of the molecule is CC(Cc1nc(C2CCOCC2)no1)c1ccc(N)cc1. The third-order valence-electron chi connectivity index (χ3n) is 4.06. The van der Waals surface area contributed by atoms with Crippen LogP contribution >= 0.6 is 0 Å². The maximum atomic E-state index is 5.71. The molecule has 2 heterocycles. The fraction of sp³-hybridized carbons (Fsp3) is 0.500. The Kier molecular flexibility index (Phi) is 4.20. The molecule has 5 heteroatoms. The van der Waals surface area contributed by atoms with Crippen LogP contribution in [0.1, 0.15) is 48.9 Å². The summed E-state index contributed by atoms with van der Waals surface area (Å²) in [6.07, 6.45) is 2.71. The molecule has 112 valence electrons. The van der Waals surface area contributed by atoms with E-state index < -0.39 is 0 Å². The predicted octanol–water partition coefficient (Wildman–Crippen LogP) is 2.89. The molecule has 0 bridgehead atoms. The molecule has 1 aliphatic heterocycles. The molecule has 0 radical (unpaired) electrons. The highest BCUT2D eigenvalue weighted by Crippen LogP contribution is 2.26. The number of aromatic nitrogens is 2. The summed E-state index contributed by atoms with van der Waals surface area (Å²) in [4.78, 5) is 4.56. The van der Waals surface area contributed by atoms with Gasteiger partial charge in [-0.15, -0.1) is 0 Å². The van der Waals surface area contributed by atoms with E-state index in [-0.39, 0.29) is 0 Å². The summed E-state index contributed by atoms with van der Waals surface area (Å²) in [5, 5.41) is 4.14. The van der Waals surface area contributed by atoms with E-state index in [4.69, 9.17) is 15.0 Å². The number of hydrogen-bond donors (Lipinski definition) is 1. The lowest BCUT2D eigenvalue weighted by atomic mass is 9.97. The van der Waals surface area contributed by atoms with E-state index in [0.29, 0.717) is 17.7 Å². The molecule has 5 nitrogen and oxygen atoms in total. The highest BCUT2D eigenvalue weighted by atomic mass is 16.5. The van der Waals surface area contributed by atoms with E-state index in [2.05, 4.69) is 29.2 Å². The normalized spacial score (nSPS) is 17.8. The third kappa shape index (κ3) is 3.42. The quantitative estimate of drug-likeness (QED) is 0.875. The van der Waals surface area contributed by atoms with Crippen molar-refractivity contribution in [1.29, 1.82) is 0 Å². The lowest BCUT2D eigenvalue weighted by Gasteiger charge is -2.18. The number of nitrogens with zero attached hydrogens (tertiary/aromatic N) is 2. The van der Waals surface area contributed by atoms with E-state index in [1.54, 1.807) is 0 Å². The summed E-state index contributed by atoms with van der Waals surface area (Å²) in [5.41, 5.74) is 7.73. The molecule has 1 aromatic carbocycles. The Balaban J connectivity index is 1.64. The van der Waals surface area contributed by atoms with Crippen molar-refractivity contribution >= 4 is 5.69 Å². The van der Waals surface area contributed by atoms with Crippen molar-refractivity contribution in [2.75, 3.05) is 18.9 Å². The second kappa shape index (κ2) is 6.26. The molecule has 2 N–H and O–H groups in total. The number of ether oxygens (including phenoxy) is 1. The average Bonchev–Trinajstić information content (AvgIpc) is 2.97. The van der Waals surface area contributed by atoms with Gasteiger partial charge in [-0.2, -0.15) is 4.98 Å². The molecule has 1 atom stereocenters. The molecule has 0 amide bonds. The van der Waals surface area contributed by atoms with E-state index >= 15 is 0 Å². The van der Waals surface area contributed by atoms with Crippen LogP contribution in [0.2, 0.25) is 0 Å². The van der Waals surface area contributed by atoms with Gasteiger partial charge in [0.05, 0.1) is 0 Å². The van der Waals surface area contributed by atoms with Crippen molar-refractivity contribution in [2.24, 2.45) is 0 Å². The highest BCUT2D eigenvalue weighted by Gasteiger charge is 2.22. The Labute approximate surface area is 124 Å². The van der Waals surface area contributed by atoms with Crippen molar-refractivity contribution in [3.8, 4) is 0 Å². The van der Waals surface area contributed by atoms with Gasteiger partial charge in [0.25, 0.3) is 0 Å². The number of benzene rings is 1. The van der Waals surface area contributed by atoms with Crippen molar-refractivity contribution in [3.63, 3.8) is 0 Å². The van der Waals surface area contributed by atoms with Crippen LogP contribution in [0.25, 0.3) is 0 Å². The van der Waals surface area contributed by atoms with E-state index in [1.165, 1.54) is 5.56 Å². The molecule has 0 aliphatic carbocycles. The topological polar surface area (TPSA) is 74.2 Å². The predicted molar refractivity (Wildman–Crippen MR) is 80.1 cm³/mol. The first-order valence-corrected chi connectivity index (χ1v) is 7.48. The largest absolute Gasteiger partial charge is 0.399 e. The monoisotopic (exact) mass is 287 g/mol. The second-order valence-corrected chi connectivity index (χ2v) is 5.70. The summed E-state index contributed by atoms with van der Waals surface area (Å²) < 4.78 is 10.8. The number of anilines is 1. The van der Waals surface area contributed by atoms with Crippen LogP contribution in [-0.4, -0.2) is 23.4 Å². The van der Waals surface area contributed by atoms with Crippen molar-refractivity contribution < 1.29 is 9.26 Å². The Morgan fingerprint density at radius 1 is 1.24 bits per heavy atom. The molecule has 0 spiro atoms. The molecule has 21 heavy (non-hydrogen) atoms. The lowest BCUT2D eigenvalue weighted by molar-refractivity contribution is 0.0830. The summed E-state index contributed by atoms with van der Waals surface area (Å²) in [7, 11) is 0. The molecule has 1 saturated heterocycles. The Hall–Kier alpha value is -1.88. The molecule has 3 rings (SSSR count). The minimum absolute atomic E-state index is 0.327. The Bertz CT molecular complexity index is 573. The molecule has 1 aromatic heterocycles. The highest BCUT2D eigenvalue weighted by molar-refractivity contribution is 5.40. The summed E-state index contributed by atoms with van der Waals surface area (Å²) in [5.74, 6) is 2.25. The Morgan fingerprint density at radius 3 is 2.67 bits per heavy atom. The van der Waals surface area contributed by atoms with E-state index in [0.717, 1.165) is 44.0 Å². The zero-order valence-electron chi connectivity index (χ0n) is 12.3. The van der Waals surface area contributed by atoms with Crippen LogP contribution in [0.4, 0.5) is 5.69 Å². The average molecular weight is 287 g/mol. The van der Waals surface area contributed by atoms with Gasteiger partial charge in [0.15, 0.2) is 5.82 Å². The lowest BCUT2D eigenvalue weighted by Crippen LogP contribution is -2.15. The van der Waals surface area contributed by atoms with Gasteiger partial charge < -0.3 is 15.0 Å². The van der Waals surface area contributed by atoms with Crippen molar-refractivity contribution in [3.05, 3.63) is 41.5 Å². The van der Waals surface area contributed by atoms with Crippen LogP contribution in [0, 0.1) is 0 Å². The zero-order valence-corrected chi connectivity index (χ0v) is 12.3.